The molecule has 6 heteroatoms. The molecule has 1 aliphatic rings. The topological polar surface area (TPSA) is 69.1 Å². The van der Waals surface area contributed by atoms with Gasteiger partial charge in [-0.25, -0.2) is 0 Å². The maximum absolute atomic E-state index is 9.27. The van der Waals surface area contributed by atoms with E-state index in [1.807, 2.05) is 6.20 Å². The highest BCUT2D eigenvalue weighted by Crippen LogP contribution is 2.22. The number of aromatic amines is 1. The Balaban J connectivity index is 1.20. The molecule has 4 aromatic rings. The van der Waals surface area contributed by atoms with E-state index in [0.717, 1.165) is 30.4 Å². The average molecular weight is 404 g/mol. The van der Waals surface area contributed by atoms with Gasteiger partial charge in [0.25, 0.3) is 0 Å². The minimum Gasteiger partial charge on any atom is -0.395 e. The fraction of sp³-hybridized carbons (Fsp3) is 0.375. The number of aromatic nitrogens is 3. The third-order valence-electron chi connectivity index (χ3n) is 6.21. The van der Waals surface area contributed by atoms with Gasteiger partial charge in [-0.15, -0.1) is 0 Å². The summed E-state index contributed by atoms with van der Waals surface area (Å²) in [5.41, 5.74) is 4.83. The summed E-state index contributed by atoms with van der Waals surface area (Å²) in [6.45, 7) is 4.14. The molecule has 1 unspecified atom stereocenters. The highest BCUT2D eigenvalue weighted by Gasteiger charge is 2.19. The first-order valence-electron chi connectivity index (χ1n) is 10.9. The van der Waals surface area contributed by atoms with Crippen LogP contribution in [0.1, 0.15) is 18.4 Å². The largest absolute Gasteiger partial charge is 0.395 e. The SMILES string of the molecule is OCCn1ccc2ccc(CCN3CCCC(Nc4ccc5[nH]ncc5c4)C3)cc21. The number of likely N-dealkylation sites (tertiary alicyclic amines) is 1. The van der Waals surface area contributed by atoms with Gasteiger partial charge >= 0.3 is 0 Å². The number of nitrogens with one attached hydrogen (secondary N) is 2. The molecule has 6 nitrogen and oxygen atoms in total. The van der Waals surface area contributed by atoms with Gasteiger partial charge in [0.15, 0.2) is 0 Å². The molecule has 2 aromatic heterocycles. The summed E-state index contributed by atoms with van der Waals surface area (Å²) in [5.74, 6) is 0. The van der Waals surface area contributed by atoms with Crippen LogP contribution in [0.3, 0.4) is 0 Å². The van der Waals surface area contributed by atoms with Crippen molar-refractivity contribution in [1.29, 1.82) is 0 Å². The third-order valence-corrected chi connectivity index (χ3v) is 6.21. The molecule has 0 amide bonds. The summed E-state index contributed by atoms with van der Waals surface area (Å²) in [6.07, 6.45) is 7.42. The van der Waals surface area contributed by atoms with Crippen molar-refractivity contribution in [2.75, 3.05) is 31.6 Å². The molecule has 1 saturated heterocycles. The van der Waals surface area contributed by atoms with E-state index in [-0.39, 0.29) is 6.61 Å². The number of nitrogens with zero attached hydrogens (tertiary/aromatic N) is 3. The number of hydrogen-bond acceptors (Lipinski definition) is 4. The summed E-state index contributed by atoms with van der Waals surface area (Å²) < 4.78 is 2.14. The monoisotopic (exact) mass is 403 g/mol. The summed E-state index contributed by atoms with van der Waals surface area (Å²) in [5, 5.41) is 22.5. The van der Waals surface area contributed by atoms with Gasteiger partial charge in [-0.1, -0.05) is 12.1 Å². The minimum absolute atomic E-state index is 0.170. The molecule has 3 heterocycles. The molecule has 0 aliphatic carbocycles. The molecule has 1 atom stereocenters. The van der Waals surface area contributed by atoms with E-state index < -0.39 is 0 Å². The van der Waals surface area contributed by atoms with E-state index >= 15 is 0 Å². The Morgan fingerprint density at radius 3 is 3.00 bits per heavy atom. The molecule has 1 aliphatic heterocycles. The average Bonchev–Trinajstić information content (AvgIpc) is 3.39. The summed E-state index contributed by atoms with van der Waals surface area (Å²) in [7, 11) is 0. The standard InChI is InChI=1S/C24H29N5O/c30-13-12-29-11-8-19-4-3-18(14-24(19)29)7-10-28-9-1-2-22(17-28)26-21-5-6-23-20(15-21)16-25-27-23/h3-6,8,11,14-16,22,26,30H,1-2,7,9-10,12-13,17H2,(H,25,27). The quantitative estimate of drug-likeness (QED) is 0.441. The Bertz CT molecular complexity index is 1130. The molecular formula is C24H29N5O. The van der Waals surface area contributed by atoms with Crippen molar-refractivity contribution in [3.05, 3.63) is 60.4 Å². The zero-order chi connectivity index (χ0) is 20.3. The molecule has 3 N–H and O–H groups in total. The molecule has 2 aromatic carbocycles. The maximum atomic E-state index is 9.27. The number of aliphatic hydroxyl groups excluding tert-OH is 1. The number of aliphatic hydroxyl groups is 1. The first kappa shape index (κ1) is 19.2. The Hall–Kier alpha value is -2.83. The van der Waals surface area contributed by atoms with E-state index in [2.05, 4.69) is 73.6 Å². The van der Waals surface area contributed by atoms with Crippen LogP contribution in [0.25, 0.3) is 21.8 Å². The van der Waals surface area contributed by atoms with E-state index in [9.17, 15) is 5.11 Å². The van der Waals surface area contributed by atoms with Gasteiger partial charge in [0, 0.05) is 48.5 Å². The number of hydrogen-bond donors (Lipinski definition) is 3. The second-order valence-corrected chi connectivity index (χ2v) is 8.33. The van der Waals surface area contributed by atoms with Gasteiger partial charge in [-0.2, -0.15) is 5.10 Å². The summed E-state index contributed by atoms with van der Waals surface area (Å²) in [6, 6.07) is 15.7. The van der Waals surface area contributed by atoms with E-state index in [1.165, 1.54) is 41.5 Å². The third kappa shape index (κ3) is 4.06. The fourth-order valence-corrected chi connectivity index (χ4v) is 4.62. The zero-order valence-corrected chi connectivity index (χ0v) is 17.2. The Morgan fingerprint density at radius 1 is 1.10 bits per heavy atom. The van der Waals surface area contributed by atoms with Crippen LogP contribution < -0.4 is 5.32 Å². The van der Waals surface area contributed by atoms with Gasteiger partial charge in [0.05, 0.1) is 18.3 Å². The second-order valence-electron chi connectivity index (χ2n) is 8.33. The fourth-order valence-electron chi connectivity index (χ4n) is 4.62. The van der Waals surface area contributed by atoms with Crippen molar-refractivity contribution >= 4 is 27.5 Å². The lowest BCUT2D eigenvalue weighted by molar-refractivity contribution is 0.219. The lowest BCUT2D eigenvalue weighted by atomic mass is 10.0. The van der Waals surface area contributed by atoms with E-state index in [4.69, 9.17) is 0 Å². The van der Waals surface area contributed by atoms with Crippen LogP contribution in [-0.4, -0.2) is 57.1 Å². The Labute approximate surface area is 176 Å². The van der Waals surface area contributed by atoms with Crippen LogP contribution >= 0.6 is 0 Å². The molecule has 0 saturated carbocycles. The first-order chi connectivity index (χ1) is 14.8. The van der Waals surface area contributed by atoms with Crippen LogP contribution in [-0.2, 0) is 13.0 Å². The Morgan fingerprint density at radius 2 is 2.07 bits per heavy atom. The van der Waals surface area contributed by atoms with Gasteiger partial charge in [-0.3, -0.25) is 5.10 Å². The second kappa shape index (κ2) is 8.50. The number of piperidine rings is 1. The van der Waals surface area contributed by atoms with Crippen LogP contribution in [0.15, 0.2) is 54.9 Å². The highest BCUT2D eigenvalue weighted by atomic mass is 16.3. The number of anilines is 1. The number of benzene rings is 2. The number of fused-ring (bicyclic) bond motifs is 2. The van der Waals surface area contributed by atoms with Crippen molar-refractivity contribution in [3.63, 3.8) is 0 Å². The molecule has 0 spiro atoms. The van der Waals surface area contributed by atoms with Gasteiger partial charge in [0.2, 0.25) is 0 Å². The van der Waals surface area contributed by atoms with Crippen LogP contribution in [0.5, 0.6) is 0 Å². The van der Waals surface area contributed by atoms with Crippen LogP contribution in [0.2, 0.25) is 0 Å². The molecule has 156 valence electrons. The van der Waals surface area contributed by atoms with Gasteiger partial charge < -0.3 is 19.9 Å². The molecule has 0 radical (unpaired) electrons. The lowest BCUT2D eigenvalue weighted by Crippen LogP contribution is -2.42. The zero-order valence-electron chi connectivity index (χ0n) is 17.2. The van der Waals surface area contributed by atoms with E-state index in [0.29, 0.717) is 12.6 Å². The number of rotatable bonds is 7. The smallest absolute Gasteiger partial charge is 0.0651 e. The van der Waals surface area contributed by atoms with Gasteiger partial charge in [0.1, 0.15) is 0 Å². The van der Waals surface area contributed by atoms with Crippen molar-refractivity contribution in [2.45, 2.75) is 31.8 Å². The molecular weight excluding hydrogens is 374 g/mol. The summed E-state index contributed by atoms with van der Waals surface area (Å²) in [4.78, 5) is 2.58. The van der Waals surface area contributed by atoms with Crippen molar-refractivity contribution < 1.29 is 5.11 Å². The summed E-state index contributed by atoms with van der Waals surface area (Å²) >= 11 is 0. The van der Waals surface area contributed by atoms with Gasteiger partial charge in [-0.05, 0) is 67.1 Å². The van der Waals surface area contributed by atoms with Crippen molar-refractivity contribution in [3.8, 4) is 0 Å². The number of H-pyrrole nitrogens is 1. The minimum atomic E-state index is 0.170. The molecule has 1 fully saturated rings. The van der Waals surface area contributed by atoms with Crippen molar-refractivity contribution in [1.82, 2.24) is 19.7 Å². The maximum Gasteiger partial charge on any atom is 0.0651 e. The Kier molecular flexibility index (Phi) is 5.43. The molecule has 5 rings (SSSR count). The normalized spacial score (nSPS) is 17.7. The van der Waals surface area contributed by atoms with Crippen LogP contribution in [0, 0.1) is 0 Å². The highest BCUT2D eigenvalue weighted by molar-refractivity contribution is 5.82. The molecule has 30 heavy (non-hydrogen) atoms. The predicted molar refractivity (Wildman–Crippen MR) is 122 cm³/mol. The molecule has 0 bridgehead atoms. The van der Waals surface area contributed by atoms with E-state index in [1.54, 1.807) is 0 Å². The lowest BCUT2D eigenvalue weighted by Gasteiger charge is -2.33. The predicted octanol–water partition coefficient (Wildman–Crippen LogP) is 3.63. The van der Waals surface area contributed by atoms with Crippen LogP contribution in [0.4, 0.5) is 5.69 Å². The first-order valence-corrected chi connectivity index (χ1v) is 10.9. The van der Waals surface area contributed by atoms with Crippen molar-refractivity contribution in [2.24, 2.45) is 0 Å².